The third-order valence-electron chi connectivity index (χ3n) is 4.29. The lowest BCUT2D eigenvalue weighted by Crippen LogP contribution is -2.30. The molecule has 0 saturated carbocycles. The van der Waals surface area contributed by atoms with E-state index in [1.54, 1.807) is 6.07 Å². The van der Waals surface area contributed by atoms with E-state index in [0.29, 0.717) is 12.2 Å². The Bertz CT molecular complexity index is 687. The molecule has 0 spiro atoms. The number of carbonyl (C=O) groups is 1. The highest BCUT2D eigenvalue weighted by Crippen LogP contribution is 2.33. The lowest BCUT2D eigenvalue weighted by molar-refractivity contribution is 0.0720. The Kier molecular flexibility index (Phi) is 4.24. The summed E-state index contributed by atoms with van der Waals surface area (Å²) in [4.78, 5) is 14.6. The highest BCUT2D eigenvalue weighted by atomic mass is 16.5. The molecule has 1 amide bonds. The molecule has 124 valence electrons. The van der Waals surface area contributed by atoms with Crippen molar-refractivity contribution in [1.29, 1.82) is 0 Å². The molecule has 1 fully saturated rings. The molecule has 0 bridgehead atoms. The first-order valence-electron chi connectivity index (χ1n) is 8.21. The van der Waals surface area contributed by atoms with Crippen LogP contribution in [0.25, 0.3) is 0 Å². The zero-order valence-electron chi connectivity index (χ0n) is 14.1. The molecule has 6 heteroatoms. The summed E-state index contributed by atoms with van der Waals surface area (Å²) in [5.74, 6) is 1.97. The number of aromatic nitrogens is 2. The van der Waals surface area contributed by atoms with Crippen molar-refractivity contribution in [2.45, 2.75) is 58.4 Å². The number of hydrogen-bond donors (Lipinski definition) is 0. The summed E-state index contributed by atoms with van der Waals surface area (Å²) in [6.07, 6.45) is 1.85. The Morgan fingerprint density at radius 1 is 1.13 bits per heavy atom. The van der Waals surface area contributed by atoms with Crippen LogP contribution in [0, 0.1) is 0 Å². The number of amides is 1. The molecule has 1 aliphatic rings. The Balaban J connectivity index is 1.81. The molecule has 3 heterocycles. The molecule has 0 unspecified atom stereocenters. The fraction of sp³-hybridized carbons (Fsp3) is 0.588. The first-order valence-corrected chi connectivity index (χ1v) is 8.21. The molecule has 2 aromatic rings. The van der Waals surface area contributed by atoms with Crippen molar-refractivity contribution in [2.75, 3.05) is 6.54 Å². The van der Waals surface area contributed by atoms with Crippen LogP contribution in [-0.4, -0.2) is 27.7 Å². The predicted octanol–water partition coefficient (Wildman–Crippen LogP) is 3.89. The monoisotopic (exact) mass is 317 g/mol. The summed E-state index contributed by atoms with van der Waals surface area (Å²) in [6.45, 7) is 8.85. The normalized spacial score (nSPS) is 18.3. The van der Waals surface area contributed by atoms with Crippen LogP contribution in [0.5, 0.6) is 0 Å². The molecule has 2 aromatic heterocycles. The minimum absolute atomic E-state index is 0.0436. The van der Waals surface area contributed by atoms with Gasteiger partial charge in [-0.15, -0.1) is 0 Å². The molecule has 6 nitrogen and oxygen atoms in total. The molecule has 0 radical (unpaired) electrons. The van der Waals surface area contributed by atoms with E-state index in [1.807, 2.05) is 24.8 Å². The molecule has 1 saturated heterocycles. The average Bonchev–Trinajstić information content (AvgIpc) is 3.24. The largest absolute Gasteiger partial charge is 0.361 e. The zero-order chi connectivity index (χ0) is 16.6. The molecule has 1 aliphatic heterocycles. The SMILES string of the molecule is CC(C)c1cc(C(=O)N2CCC[C@H]2c2cc(C(C)C)on2)no1. The first kappa shape index (κ1) is 15.8. The van der Waals surface area contributed by atoms with E-state index in [-0.39, 0.29) is 23.8 Å². The molecule has 0 aliphatic carbocycles. The average molecular weight is 317 g/mol. The van der Waals surface area contributed by atoms with Gasteiger partial charge in [0, 0.05) is 30.5 Å². The summed E-state index contributed by atoms with van der Waals surface area (Å²) >= 11 is 0. The maximum atomic E-state index is 12.8. The van der Waals surface area contributed by atoms with Crippen LogP contribution >= 0.6 is 0 Å². The zero-order valence-corrected chi connectivity index (χ0v) is 14.1. The van der Waals surface area contributed by atoms with E-state index < -0.39 is 0 Å². The van der Waals surface area contributed by atoms with Gasteiger partial charge in [-0.3, -0.25) is 4.79 Å². The Labute approximate surface area is 135 Å². The van der Waals surface area contributed by atoms with E-state index in [4.69, 9.17) is 9.05 Å². The molecule has 0 aromatic carbocycles. The van der Waals surface area contributed by atoms with Gasteiger partial charge in [-0.25, -0.2) is 0 Å². The smallest absolute Gasteiger partial charge is 0.276 e. The number of nitrogens with zero attached hydrogens (tertiary/aromatic N) is 3. The van der Waals surface area contributed by atoms with E-state index in [0.717, 1.165) is 30.1 Å². The number of carbonyl (C=O) groups excluding carboxylic acids is 1. The summed E-state index contributed by atoms with van der Waals surface area (Å²) in [5.41, 5.74) is 1.19. The second-order valence-corrected chi connectivity index (χ2v) is 6.73. The number of hydrogen-bond acceptors (Lipinski definition) is 5. The van der Waals surface area contributed by atoms with Gasteiger partial charge in [0.25, 0.3) is 5.91 Å². The van der Waals surface area contributed by atoms with Gasteiger partial charge in [0.15, 0.2) is 5.69 Å². The van der Waals surface area contributed by atoms with Crippen molar-refractivity contribution in [1.82, 2.24) is 15.2 Å². The molecule has 23 heavy (non-hydrogen) atoms. The second kappa shape index (κ2) is 6.18. The van der Waals surface area contributed by atoms with Gasteiger partial charge in [0.2, 0.25) is 0 Å². The van der Waals surface area contributed by atoms with Gasteiger partial charge >= 0.3 is 0 Å². The van der Waals surface area contributed by atoms with Crippen LogP contribution in [0.4, 0.5) is 0 Å². The maximum absolute atomic E-state index is 12.8. The minimum Gasteiger partial charge on any atom is -0.361 e. The molecule has 0 N–H and O–H groups in total. The van der Waals surface area contributed by atoms with Gasteiger partial charge in [-0.2, -0.15) is 0 Å². The van der Waals surface area contributed by atoms with Crippen molar-refractivity contribution in [2.24, 2.45) is 0 Å². The van der Waals surface area contributed by atoms with Crippen LogP contribution in [0.2, 0.25) is 0 Å². The van der Waals surface area contributed by atoms with E-state index >= 15 is 0 Å². The fourth-order valence-electron chi connectivity index (χ4n) is 2.86. The minimum atomic E-state index is -0.0998. The fourth-order valence-corrected chi connectivity index (χ4v) is 2.86. The topological polar surface area (TPSA) is 72.4 Å². The van der Waals surface area contributed by atoms with Crippen LogP contribution < -0.4 is 0 Å². The van der Waals surface area contributed by atoms with E-state index in [9.17, 15) is 4.79 Å². The van der Waals surface area contributed by atoms with Crippen LogP contribution in [0.3, 0.4) is 0 Å². The number of likely N-dealkylation sites (tertiary alicyclic amines) is 1. The van der Waals surface area contributed by atoms with Crippen LogP contribution in [-0.2, 0) is 0 Å². The summed E-state index contributed by atoms with van der Waals surface area (Å²) in [6, 6.07) is 3.66. The lowest BCUT2D eigenvalue weighted by Gasteiger charge is -2.21. The molecular formula is C17H23N3O3. The molecule has 3 rings (SSSR count). The third-order valence-corrected chi connectivity index (χ3v) is 4.29. The van der Waals surface area contributed by atoms with E-state index in [2.05, 4.69) is 24.2 Å². The van der Waals surface area contributed by atoms with Crippen LogP contribution in [0.1, 0.15) is 86.1 Å². The van der Waals surface area contributed by atoms with Gasteiger partial charge in [-0.1, -0.05) is 38.0 Å². The standard InChI is InChI=1S/C17H23N3O3/c1-10(2)15-8-12(18-22-15)14-6-5-7-20(14)17(21)13-9-16(11(3)4)23-19-13/h8-11,14H,5-7H2,1-4H3/t14-/m0/s1. The van der Waals surface area contributed by atoms with E-state index in [1.165, 1.54) is 0 Å². The van der Waals surface area contributed by atoms with Gasteiger partial charge < -0.3 is 13.9 Å². The summed E-state index contributed by atoms with van der Waals surface area (Å²) in [7, 11) is 0. The van der Waals surface area contributed by atoms with Crippen molar-refractivity contribution in [3.05, 3.63) is 35.0 Å². The van der Waals surface area contributed by atoms with Crippen LogP contribution in [0.15, 0.2) is 21.2 Å². The molecule has 1 atom stereocenters. The highest BCUT2D eigenvalue weighted by Gasteiger charge is 2.34. The first-order chi connectivity index (χ1) is 11.0. The molecular weight excluding hydrogens is 294 g/mol. The van der Waals surface area contributed by atoms with Crippen molar-refractivity contribution >= 4 is 5.91 Å². The van der Waals surface area contributed by atoms with Crippen molar-refractivity contribution in [3.8, 4) is 0 Å². The Morgan fingerprint density at radius 3 is 2.39 bits per heavy atom. The summed E-state index contributed by atoms with van der Waals surface area (Å²) in [5, 5.41) is 8.10. The van der Waals surface area contributed by atoms with Crippen molar-refractivity contribution < 1.29 is 13.8 Å². The number of rotatable bonds is 4. The second-order valence-electron chi connectivity index (χ2n) is 6.73. The maximum Gasteiger partial charge on any atom is 0.276 e. The van der Waals surface area contributed by atoms with Gasteiger partial charge in [-0.05, 0) is 12.8 Å². The Morgan fingerprint density at radius 2 is 1.78 bits per heavy atom. The van der Waals surface area contributed by atoms with Crippen molar-refractivity contribution in [3.63, 3.8) is 0 Å². The quantitative estimate of drug-likeness (QED) is 0.855. The van der Waals surface area contributed by atoms with Gasteiger partial charge in [0.1, 0.15) is 17.2 Å². The predicted molar refractivity (Wildman–Crippen MR) is 84.2 cm³/mol. The lowest BCUT2D eigenvalue weighted by atomic mass is 10.1. The van der Waals surface area contributed by atoms with Gasteiger partial charge in [0.05, 0.1) is 6.04 Å². The summed E-state index contributed by atoms with van der Waals surface area (Å²) < 4.78 is 10.6. The Hall–Kier alpha value is -2.11. The third kappa shape index (κ3) is 3.02. The highest BCUT2D eigenvalue weighted by molar-refractivity contribution is 5.92.